The number of hydrogen-bond acceptors (Lipinski definition) is 1. The first-order valence-corrected chi connectivity index (χ1v) is 16.6. The van der Waals surface area contributed by atoms with Crippen LogP contribution in [-0.4, -0.2) is 0 Å². The molecule has 1 heteroatoms. The number of para-hydroxylation sites is 1. The molecule has 4 atom stereocenters. The van der Waals surface area contributed by atoms with Crippen LogP contribution < -0.4 is 4.90 Å². The van der Waals surface area contributed by atoms with Crippen molar-refractivity contribution in [3.05, 3.63) is 163 Å². The van der Waals surface area contributed by atoms with Crippen molar-refractivity contribution < 1.29 is 0 Å². The molecular formula is C44H37N. The summed E-state index contributed by atoms with van der Waals surface area (Å²) in [6, 6.07) is 56.1. The minimum Gasteiger partial charge on any atom is -0.310 e. The largest absolute Gasteiger partial charge is 0.310 e. The Balaban J connectivity index is 1.16. The monoisotopic (exact) mass is 579 g/mol. The Kier molecular flexibility index (Phi) is 6.44. The molecule has 0 radical (unpaired) electrons. The van der Waals surface area contributed by atoms with Gasteiger partial charge >= 0.3 is 0 Å². The molecule has 0 N–H and O–H groups in total. The van der Waals surface area contributed by atoms with Crippen LogP contribution in [0, 0.1) is 11.8 Å². The summed E-state index contributed by atoms with van der Waals surface area (Å²) in [6.07, 6.45) is 5.44. The highest BCUT2D eigenvalue weighted by atomic mass is 15.1. The number of anilines is 3. The van der Waals surface area contributed by atoms with Crippen molar-refractivity contribution in [3.63, 3.8) is 0 Å². The highest BCUT2D eigenvalue weighted by molar-refractivity contribution is 5.92. The predicted molar refractivity (Wildman–Crippen MR) is 188 cm³/mol. The molecule has 3 aliphatic carbocycles. The molecule has 0 saturated heterocycles. The molecule has 6 aromatic rings. The van der Waals surface area contributed by atoms with E-state index in [2.05, 4.69) is 157 Å². The van der Waals surface area contributed by atoms with E-state index < -0.39 is 0 Å². The summed E-state index contributed by atoms with van der Waals surface area (Å²) in [4.78, 5) is 2.49. The first kappa shape index (κ1) is 26.5. The molecule has 1 nitrogen and oxygen atoms in total. The summed E-state index contributed by atoms with van der Waals surface area (Å²) in [5, 5.41) is 0. The lowest BCUT2D eigenvalue weighted by Crippen LogP contribution is -2.20. The molecule has 4 unspecified atom stereocenters. The molecule has 9 rings (SSSR count). The third-order valence-electron chi connectivity index (χ3n) is 10.8. The molecule has 218 valence electrons. The zero-order chi connectivity index (χ0) is 29.7. The number of rotatable bonds is 5. The van der Waals surface area contributed by atoms with Crippen molar-refractivity contribution in [1.29, 1.82) is 0 Å². The van der Waals surface area contributed by atoms with E-state index in [9.17, 15) is 0 Å². The molecule has 0 aliphatic heterocycles. The van der Waals surface area contributed by atoms with Gasteiger partial charge in [0.1, 0.15) is 0 Å². The van der Waals surface area contributed by atoms with Crippen LogP contribution in [0.15, 0.2) is 152 Å². The SMILES string of the molecule is c1ccc(-c2ccc(-c3ccc(N(c4ccccc4)c4cccc5c4-c4ccccc4C4CC6CC5CC4C6)cc3)cc2)cc1. The number of nitrogens with zero attached hydrogens (tertiary/aromatic N) is 1. The second-order valence-corrected chi connectivity index (χ2v) is 13.4. The van der Waals surface area contributed by atoms with Gasteiger partial charge in [-0.1, -0.05) is 121 Å². The molecule has 3 bridgehead atoms. The average molecular weight is 580 g/mol. The second-order valence-electron chi connectivity index (χ2n) is 13.4. The van der Waals surface area contributed by atoms with E-state index in [1.807, 2.05) is 0 Å². The van der Waals surface area contributed by atoms with Gasteiger partial charge in [0.2, 0.25) is 0 Å². The summed E-state index contributed by atoms with van der Waals surface area (Å²) in [5.41, 5.74) is 14.6. The molecular weight excluding hydrogens is 542 g/mol. The minimum atomic E-state index is 0.640. The molecule has 0 aromatic heterocycles. The standard InChI is InChI=1S/C44H37N/c1-3-10-31(11-4-1)32-18-20-33(21-19-32)34-22-24-38(25-23-34)45(37-12-5-2-6-13-37)43-17-9-16-39-35-26-30-27-36(29-35)42(28-30)40-14-7-8-15-41(40)44(39)43/h1-25,30,35-36,42H,26-29H2. The molecule has 0 heterocycles. The molecule has 2 fully saturated rings. The first-order valence-electron chi connectivity index (χ1n) is 16.6. The van der Waals surface area contributed by atoms with Gasteiger partial charge in [-0.25, -0.2) is 0 Å². The van der Waals surface area contributed by atoms with Crippen LogP contribution >= 0.6 is 0 Å². The van der Waals surface area contributed by atoms with Gasteiger partial charge in [-0.2, -0.15) is 0 Å². The summed E-state index contributed by atoms with van der Waals surface area (Å²) >= 11 is 0. The fourth-order valence-corrected chi connectivity index (χ4v) is 8.91. The van der Waals surface area contributed by atoms with Crippen molar-refractivity contribution in [1.82, 2.24) is 0 Å². The van der Waals surface area contributed by atoms with Crippen LogP contribution in [-0.2, 0) is 0 Å². The number of benzene rings is 6. The third-order valence-corrected chi connectivity index (χ3v) is 10.8. The zero-order valence-corrected chi connectivity index (χ0v) is 25.5. The lowest BCUT2D eigenvalue weighted by Gasteiger charge is -2.36. The summed E-state index contributed by atoms with van der Waals surface area (Å²) in [5.74, 6) is 3.02. The maximum atomic E-state index is 2.49. The van der Waals surface area contributed by atoms with Crippen molar-refractivity contribution in [2.24, 2.45) is 11.8 Å². The highest BCUT2D eigenvalue weighted by Crippen LogP contribution is 2.60. The van der Waals surface area contributed by atoms with E-state index in [4.69, 9.17) is 0 Å². The molecule has 0 spiro atoms. The van der Waals surface area contributed by atoms with Gasteiger partial charge in [-0.05, 0) is 119 Å². The topological polar surface area (TPSA) is 3.24 Å². The van der Waals surface area contributed by atoms with Crippen molar-refractivity contribution in [3.8, 4) is 33.4 Å². The van der Waals surface area contributed by atoms with Crippen LogP contribution in [0.2, 0.25) is 0 Å². The zero-order valence-electron chi connectivity index (χ0n) is 25.5. The van der Waals surface area contributed by atoms with Gasteiger partial charge in [0, 0.05) is 16.9 Å². The maximum absolute atomic E-state index is 2.49. The van der Waals surface area contributed by atoms with E-state index in [0.29, 0.717) is 11.8 Å². The van der Waals surface area contributed by atoms with Crippen molar-refractivity contribution in [2.75, 3.05) is 4.90 Å². The molecule has 2 saturated carbocycles. The van der Waals surface area contributed by atoms with Gasteiger partial charge in [-0.15, -0.1) is 0 Å². The Hall–Kier alpha value is -4.88. The lowest BCUT2D eigenvalue weighted by atomic mass is 9.70. The second kappa shape index (κ2) is 10.9. The Morgan fingerprint density at radius 3 is 1.73 bits per heavy atom. The average Bonchev–Trinajstić information content (AvgIpc) is 3.43. The van der Waals surface area contributed by atoms with Gasteiger partial charge in [0.25, 0.3) is 0 Å². The van der Waals surface area contributed by atoms with Gasteiger partial charge in [0.05, 0.1) is 5.69 Å². The highest BCUT2D eigenvalue weighted by Gasteiger charge is 2.45. The van der Waals surface area contributed by atoms with Crippen molar-refractivity contribution >= 4 is 17.1 Å². The van der Waals surface area contributed by atoms with Crippen LogP contribution in [0.25, 0.3) is 33.4 Å². The van der Waals surface area contributed by atoms with E-state index >= 15 is 0 Å². The molecule has 3 aliphatic rings. The van der Waals surface area contributed by atoms with Crippen LogP contribution in [0.4, 0.5) is 17.1 Å². The fourth-order valence-electron chi connectivity index (χ4n) is 8.91. The Morgan fingerprint density at radius 1 is 0.422 bits per heavy atom. The van der Waals surface area contributed by atoms with Crippen LogP contribution in [0.1, 0.15) is 48.6 Å². The Bertz CT molecular complexity index is 1960. The third kappa shape index (κ3) is 4.61. The smallest absolute Gasteiger partial charge is 0.0543 e. The van der Waals surface area contributed by atoms with Gasteiger partial charge in [0.15, 0.2) is 0 Å². The normalized spacial score (nSPS) is 21.0. The quantitative estimate of drug-likeness (QED) is 0.196. The minimum absolute atomic E-state index is 0.640. The van der Waals surface area contributed by atoms with Crippen LogP contribution in [0.5, 0.6) is 0 Å². The fraction of sp³-hybridized carbons (Fsp3) is 0.182. The number of hydrogen-bond donors (Lipinski definition) is 0. The van der Waals surface area contributed by atoms with Gasteiger partial charge < -0.3 is 4.90 Å². The van der Waals surface area contributed by atoms with E-state index in [1.165, 1.54) is 76.1 Å². The predicted octanol–water partition coefficient (Wildman–Crippen LogP) is 12.2. The summed E-state index contributed by atoms with van der Waals surface area (Å²) in [7, 11) is 0. The summed E-state index contributed by atoms with van der Waals surface area (Å²) in [6.45, 7) is 0. The van der Waals surface area contributed by atoms with Gasteiger partial charge in [-0.3, -0.25) is 0 Å². The van der Waals surface area contributed by atoms with E-state index in [-0.39, 0.29) is 0 Å². The maximum Gasteiger partial charge on any atom is 0.0543 e. The molecule has 0 amide bonds. The molecule has 6 aromatic carbocycles. The summed E-state index contributed by atoms with van der Waals surface area (Å²) < 4.78 is 0. The van der Waals surface area contributed by atoms with Crippen LogP contribution in [0.3, 0.4) is 0 Å². The van der Waals surface area contributed by atoms with E-state index in [0.717, 1.165) is 11.8 Å². The Morgan fingerprint density at radius 2 is 1.00 bits per heavy atom. The molecule has 45 heavy (non-hydrogen) atoms. The number of fused-ring (bicyclic) bond motifs is 7. The lowest BCUT2D eigenvalue weighted by molar-refractivity contribution is 0.312. The first-order chi connectivity index (χ1) is 22.3. The van der Waals surface area contributed by atoms with E-state index in [1.54, 1.807) is 11.1 Å². The van der Waals surface area contributed by atoms with Crippen molar-refractivity contribution in [2.45, 2.75) is 37.5 Å². The Labute approximate surface area is 266 Å².